The van der Waals surface area contributed by atoms with Crippen molar-refractivity contribution in [2.45, 2.75) is 0 Å². The second-order valence-electron chi connectivity index (χ2n) is 5.70. The van der Waals surface area contributed by atoms with Crippen molar-refractivity contribution in [3.63, 3.8) is 0 Å². The van der Waals surface area contributed by atoms with Gasteiger partial charge >= 0.3 is 0 Å². The van der Waals surface area contributed by atoms with Crippen LogP contribution in [0, 0.1) is 0 Å². The molecule has 4 aromatic rings. The summed E-state index contributed by atoms with van der Waals surface area (Å²) in [6.45, 7) is 0. The van der Waals surface area contributed by atoms with E-state index in [-0.39, 0.29) is 5.91 Å². The first kappa shape index (κ1) is 16.5. The number of carbonyl (C=O) groups excluding carboxylic acids is 1. The van der Waals surface area contributed by atoms with E-state index in [0.29, 0.717) is 23.2 Å². The van der Waals surface area contributed by atoms with Gasteiger partial charge in [0.1, 0.15) is 0 Å². The molecule has 0 aliphatic carbocycles. The molecular formula is C21H15N3O3. The van der Waals surface area contributed by atoms with Gasteiger partial charge in [0.2, 0.25) is 11.8 Å². The molecule has 0 atom stereocenters. The van der Waals surface area contributed by atoms with Crippen molar-refractivity contribution in [1.29, 1.82) is 0 Å². The number of benzene rings is 2. The van der Waals surface area contributed by atoms with Crippen LogP contribution in [0.15, 0.2) is 87.9 Å². The van der Waals surface area contributed by atoms with Crippen LogP contribution in [-0.4, -0.2) is 16.1 Å². The Morgan fingerprint density at radius 1 is 0.889 bits per heavy atom. The van der Waals surface area contributed by atoms with Crippen molar-refractivity contribution in [2.24, 2.45) is 0 Å². The van der Waals surface area contributed by atoms with Gasteiger partial charge in [0.15, 0.2) is 5.76 Å². The van der Waals surface area contributed by atoms with E-state index in [9.17, 15) is 4.79 Å². The zero-order valence-corrected chi connectivity index (χ0v) is 14.2. The van der Waals surface area contributed by atoms with Crippen LogP contribution >= 0.6 is 0 Å². The van der Waals surface area contributed by atoms with Crippen LogP contribution in [0.5, 0.6) is 0 Å². The number of amides is 1. The third-order valence-electron chi connectivity index (χ3n) is 3.78. The van der Waals surface area contributed by atoms with Gasteiger partial charge in [-0.3, -0.25) is 4.79 Å². The summed E-state index contributed by atoms with van der Waals surface area (Å²) in [5, 5.41) is 10.8. The number of nitrogens with zero attached hydrogens (tertiary/aromatic N) is 2. The molecule has 0 aliphatic rings. The molecule has 2 aromatic carbocycles. The Hall–Kier alpha value is -3.93. The van der Waals surface area contributed by atoms with E-state index in [4.69, 9.17) is 8.83 Å². The highest BCUT2D eigenvalue weighted by Crippen LogP contribution is 2.25. The van der Waals surface area contributed by atoms with Gasteiger partial charge in [0.05, 0.1) is 6.26 Å². The Morgan fingerprint density at radius 3 is 2.41 bits per heavy atom. The lowest BCUT2D eigenvalue weighted by molar-refractivity contribution is -0.111. The largest absolute Gasteiger partial charge is 0.459 e. The highest BCUT2D eigenvalue weighted by atomic mass is 16.4. The number of furan rings is 1. The van der Waals surface area contributed by atoms with E-state index in [1.807, 2.05) is 30.3 Å². The molecule has 2 heterocycles. The zero-order valence-electron chi connectivity index (χ0n) is 14.2. The standard InChI is InChI=1S/C21H15N3O3/c25-19(13-8-15-5-2-1-3-6-15)22-17-11-9-16(10-12-17)20-23-24-21(27-20)18-7-4-14-26-18/h1-14H,(H,22,25). The van der Waals surface area contributed by atoms with E-state index < -0.39 is 0 Å². The number of nitrogens with one attached hydrogen (secondary N) is 1. The SMILES string of the molecule is O=C(C=Cc1ccccc1)Nc1ccc(-c2nnc(-c3ccco3)o2)cc1. The van der Waals surface area contributed by atoms with Crippen molar-refractivity contribution in [2.75, 3.05) is 5.32 Å². The molecule has 0 spiro atoms. The number of aromatic nitrogens is 2. The van der Waals surface area contributed by atoms with Crippen LogP contribution in [0.4, 0.5) is 5.69 Å². The minimum atomic E-state index is -0.204. The number of hydrogen-bond donors (Lipinski definition) is 1. The van der Waals surface area contributed by atoms with Gasteiger partial charge in [0, 0.05) is 17.3 Å². The van der Waals surface area contributed by atoms with Gasteiger partial charge < -0.3 is 14.2 Å². The molecule has 4 rings (SSSR count). The molecule has 0 saturated carbocycles. The van der Waals surface area contributed by atoms with E-state index >= 15 is 0 Å². The van der Waals surface area contributed by atoms with Gasteiger partial charge in [-0.25, -0.2) is 0 Å². The van der Waals surface area contributed by atoms with Gasteiger partial charge in [0.25, 0.3) is 5.89 Å². The molecule has 0 radical (unpaired) electrons. The minimum absolute atomic E-state index is 0.204. The third-order valence-corrected chi connectivity index (χ3v) is 3.78. The van der Waals surface area contributed by atoms with Crippen molar-refractivity contribution in [3.05, 3.63) is 84.6 Å². The molecule has 6 heteroatoms. The summed E-state index contributed by atoms with van der Waals surface area (Å²) in [5.74, 6) is 1.01. The average Bonchev–Trinajstić information content (AvgIpc) is 3.39. The Labute approximate surface area is 155 Å². The van der Waals surface area contributed by atoms with Crippen molar-refractivity contribution < 1.29 is 13.6 Å². The fourth-order valence-electron chi connectivity index (χ4n) is 2.46. The van der Waals surface area contributed by atoms with Crippen LogP contribution in [0.25, 0.3) is 29.2 Å². The molecular weight excluding hydrogens is 342 g/mol. The Bertz CT molecular complexity index is 1050. The topological polar surface area (TPSA) is 81.2 Å². The number of anilines is 1. The number of rotatable bonds is 5. The smallest absolute Gasteiger partial charge is 0.283 e. The van der Waals surface area contributed by atoms with Crippen molar-refractivity contribution in [1.82, 2.24) is 10.2 Å². The molecule has 1 amide bonds. The minimum Gasteiger partial charge on any atom is -0.459 e. The normalized spacial score (nSPS) is 11.0. The monoisotopic (exact) mass is 357 g/mol. The highest BCUT2D eigenvalue weighted by molar-refractivity contribution is 6.02. The predicted octanol–water partition coefficient (Wildman–Crippen LogP) is 4.65. The second kappa shape index (κ2) is 7.53. The summed E-state index contributed by atoms with van der Waals surface area (Å²) in [5.41, 5.74) is 2.39. The quantitative estimate of drug-likeness (QED) is 0.526. The van der Waals surface area contributed by atoms with E-state index in [2.05, 4.69) is 15.5 Å². The van der Waals surface area contributed by atoms with Gasteiger partial charge in [-0.1, -0.05) is 30.3 Å². The number of hydrogen-bond acceptors (Lipinski definition) is 5. The lowest BCUT2D eigenvalue weighted by Crippen LogP contribution is -2.07. The predicted molar refractivity (Wildman–Crippen MR) is 102 cm³/mol. The van der Waals surface area contributed by atoms with Crippen LogP contribution in [0.2, 0.25) is 0 Å². The maximum atomic E-state index is 12.0. The van der Waals surface area contributed by atoms with Gasteiger partial charge in [-0.05, 0) is 48.0 Å². The molecule has 0 unspecified atom stereocenters. The average molecular weight is 357 g/mol. The summed E-state index contributed by atoms with van der Waals surface area (Å²) >= 11 is 0. The fraction of sp³-hybridized carbons (Fsp3) is 0. The second-order valence-corrected chi connectivity index (χ2v) is 5.70. The molecule has 0 bridgehead atoms. The molecule has 27 heavy (non-hydrogen) atoms. The summed E-state index contributed by atoms with van der Waals surface area (Å²) in [6, 6.07) is 20.3. The van der Waals surface area contributed by atoms with Gasteiger partial charge in [-0.2, -0.15) is 0 Å². The molecule has 132 valence electrons. The summed E-state index contributed by atoms with van der Waals surface area (Å²) < 4.78 is 10.8. The molecule has 1 N–H and O–H groups in total. The zero-order chi connectivity index (χ0) is 18.5. The summed E-state index contributed by atoms with van der Waals surface area (Å²) in [4.78, 5) is 12.0. The van der Waals surface area contributed by atoms with Crippen LogP contribution in [0.1, 0.15) is 5.56 Å². The van der Waals surface area contributed by atoms with Gasteiger partial charge in [-0.15, -0.1) is 10.2 Å². The van der Waals surface area contributed by atoms with Crippen LogP contribution < -0.4 is 5.32 Å². The first-order valence-electron chi connectivity index (χ1n) is 8.30. The third kappa shape index (κ3) is 4.01. The Morgan fingerprint density at radius 2 is 1.67 bits per heavy atom. The maximum Gasteiger partial charge on any atom is 0.283 e. The fourth-order valence-corrected chi connectivity index (χ4v) is 2.46. The van der Waals surface area contributed by atoms with Crippen molar-refractivity contribution in [3.8, 4) is 23.1 Å². The van der Waals surface area contributed by atoms with E-state index in [0.717, 1.165) is 11.1 Å². The molecule has 6 nitrogen and oxygen atoms in total. The molecule has 2 aromatic heterocycles. The summed E-state index contributed by atoms with van der Waals surface area (Å²) in [6.07, 6.45) is 4.80. The Kier molecular flexibility index (Phi) is 4.61. The highest BCUT2D eigenvalue weighted by Gasteiger charge is 2.12. The first-order valence-corrected chi connectivity index (χ1v) is 8.30. The Balaban J connectivity index is 1.42. The van der Waals surface area contributed by atoms with E-state index in [1.54, 1.807) is 48.7 Å². The molecule has 0 saturated heterocycles. The van der Waals surface area contributed by atoms with E-state index in [1.165, 1.54) is 6.08 Å². The lowest BCUT2D eigenvalue weighted by Gasteiger charge is -2.02. The lowest BCUT2D eigenvalue weighted by atomic mass is 10.2. The maximum absolute atomic E-state index is 12.0. The summed E-state index contributed by atoms with van der Waals surface area (Å²) in [7, 11) is 0. The molecule has 0 aliphatic heterocycles. The van der Waals surface area contributed by atoms with Crippen LogP contribution in [0.3, 0.4) is 0 Å². The first-order chi connectivity index (χ1) is 13.3. The molecule has 0 fully saturated rings. The van der Waals surface area contributed by atoms with Crippen LogP contribution in [-0.2, 0) is 4.79 Å². The van der Waals surface area contributed by atoms with Crippen molar-refractivity contribution >= 4 is 17.7 Å². The number of carbonyl (C=O) groups is 1.